The molecule has 0 aromatic heterocycles. The predicted molar refractivity (Wildman–Crippen MR) is 93.6 cm³/mol. The molecule has 0 saturated carbocycles. The maximum absolute atomic E-state index is 12.2. The van der Waals surface area contributed by atoms with Crippen LogP contribution in [0.25, 0.3) is 0 Å². The van der Waals surface area contributed by atoms with Crippen molar-refractivity contribution in [1.82, 2.24) is 5.32 Å². The van der Waals surface area contributed by atoms with Crippen LogP contribution in [0.5, 0.6) is 5.75 Å². The zero-order valence-corrected chi connectivity index (χ0v) is 14.9. The zero-order valence-electron chi connectivity index (χ0n) is 13.4. The maximum atomic E-state index is 12.2. The number of rotatable bonds is 6. The van der Waals surface area contributed by atoms with E-state index in [4.69, 9.17) is 16.3 Å². The molecular formula is C17H18ClNO4S. The minimum atomic E-state index is -3.40. The number of halogens is 1. The molecule has 1 amide bonds. The quantitative estimate of drug-likeness (QED) is 0.852. The number of nitrogens with one attached hydrogen (secondary N) is 1. The van der Waals surface area contributed by atoms with E-state index in [0.717, 1.165) is 17.6 Å². The van der Waals surface area contributed by atoms with E-state index >= 15 is 0 Å². The standard InChI is InChI=1S/C17H18ClNO4S/c1-23-13-5-3-12(4-6-13)9-10-19-17(20)15-11-14(24(2,21)22)7-8-16(15)18/h3-8,11H,9-10H2,1-2H3,(H,19,20). The fourth-order valence-corrected chi connectivity index (χ4v) is 2.97. The van der Waals surface area contributed by atoms with E-state index < -0.39 is 15.7 Å². The van der Waals surface area contributed by atoms with Gasteiger partial charge in [-0.1, -0.05) is 23.7 Å². The number of methoxy groups -OCH3 is 1. The highest BCUT2D eigenvalue weighted by molar-refractivity contribution is 7.90. The van der Waals surface area contributed by atoms with Gasteiger partial charge in [0.25, 0.3) is 5.91 Å². The van der Waals surface area contributed by atoms with Crippen LogP contribution in [0, 0.1) is 0 Å². The fourth-order valence-electron chi connectivity index (χ4n) is 2.12. The second kappa shape index (κ2) is 7.68. The molecule has 0 aliphatic rings. The van der Waals surface area contributed by atoms with Gasteiger partial charge >= 0.3 is 0 Å². The van der Waals surface area contributed by atoms with Crippen LogP contribution >= 0.6 is 11.6 Å². The van der Waals surface area contributed by atoms with Crippen LogP contribution in [-0.4, -0.2) is 34.2 Å². The van der Waals surface area contributed by atoms with Crippen molar-refractivity contribution in [1.29, 1.82) is 0 Å². The third-order valence-corrected chi connectivity index (χ3v) is 4.91. The SMILES string of the molecule is COc1ccc(CCNC(=O)c2cc(S(C)(=O)=O)ccc2Cl)cc1. The highest BCUT2D eigenvalue weighted by atomic mass is 35.5. The molecule has 0 spiro atoms. The number of amides is 1. The lowest BCUT2D eigenvalue weighted by Crippen LogP contribution is -2.26. The van der Waals surface area contributed by atoms with Gasteiger partial charge in [-0.3, -0.25) is 4.79 Å². The molecule has 5 nitrogen and oxygen atoms in total. The monoisotopic (exact) mass is 367 g/mol. The Morgan fingerprint density at radius 2 is 1.83 bits per heavy atom. The number of carbonyl (C=O) groups excluding carboxylic acids is 1. The normalized spacial score (nSPS) is 11.1. The van der Waals surface area contributed by atoms with Crippen LogP contribution in [0.3, 0.4) is 0 Å². The van der Waals surface area contributed by atoms with Gasteiger partial charge in [-0.2, -0.15) is 0 Å². The molecule has 0 fully saturated rings. The maximum Gasteiger partial charge on any atom is 0.252 e. The fraction of sp³-hybridized carbons (Fsp3) is 0.235. The van der Waals surface area contributed by atoms with Crippen molar-refractivity contribution in [2.75, 3.05) is 19.9 Å². The van der Waals surface area contributed by atoms with Crippen molar-refractivity contribution in [3.8, 4) is 5.75 Å². The minimum absolute atomic E-state index is 0.0622. The molecule has 0 radical (unpaired) electrons. The van der Waals surface area contributed by atoms with Crippen LogP contribution in [0.4, 0.5) is 0 Å². The first-order chi connectivity index (χ1) is 11.3. The average Bonchev–Trinajstić information content (AvgIpc) is 2.54. The molecular weight excluding hydrogens is 350 g/mol. The van der Waals surface area contributed by atoms with Gasteiger partial charge in [-0.05, 0) is 42.3 Å². The third kappa shape index (κ3) is 4.72. The third-order valence-electron chi connectivity index (χ3n) is 3.47. The van der Waals surface area contributed by atoms with Crippen LogP contribution in [0.15, 0.2) is 47.4 Å². The molecule has 2 aromatic rings. The smallest absolute Gasteiger partial charge is 0.252 e. The summed E-state index contributed by atoms with van der Waals surface area (Å²) in [5.74, 6) is 0.367. The molecule has 0 bridgehead atoms. The molecule has 0 aliphatic carbocycles. The van der Waals surface area contributed by atoms with E-state index in [-0.39, 0.29) is 15.5 Å². The molecule has 128 valence electrons. The first-order valence-electron chi connectivity index (χ1n) is 7.22. The predicted octanol–water partition coefficient (Wildman–Crippen LogP) is 2.72. The van der Waals surface area contributed by atoms with Crippen molar-refractivity contribution in [2.24, 2.45) is 0 Å². The number of hydrogen-bond donors (Lipinski definition) is 1. The van der Waals surface area contributed by atoms with Crippen LogP contribution in [-0.2, 0) is 16.3 Å². The van der Waals surface area contributed by atoms with Gasteiger partial charge < -0.3 is 10.1 Å². The van der Waals surface area contributed by atoms with Gasteiger partial charge in [0.15, 0.2) is 9.84 Å². The van der Waals surface area contributed by atoms with Crippen molar-refractivity contribution >= 4 is 27.3 Å². The lowest BCUT2D eigenvalue weighted by molar-refractivity contribution is 0.0954. The van der Waals surface area contributed by atoms with Gasteiger partial charge in [0.1, 0.15) is 5.75 Å². The molecule has 2 aromatic carbocycles. The Morgan fingerprint density at radius 3 is 2.42 bits per heavy atom. The van der Waals surface area contributed by atoms with Crippen molar-refractivity contribution in [3.63, 3.8) is 0 Å². The van der Waals surface area contributed by atoms with E-state index in [2.05, 4.69) is 5.32 Å². The highest BCUT2D eigenvalue weighted by Gasteiger charge is 2.15. The lowest BCUT2D eigenvalue weighted by atomic mass is 10.1. The summed E-state index contributed by atoms with van der Waals surface area (Å²) in [6.45, 7) is 0.407. The van der Waals surface area contributed by atoms with Gasteiger partial charge in [0.05, 0.1) is 22.6 Å². The second-order valence-corrected chi connectivity index (χ2v) is 7.69. The topological polar surface area (TPSA) is 72.5 Å². The summed E-state index contributed by atoms with van der Waals surface area (Å²) in [5.41, 5.74) is 1.20. The lowest BCUT2D eigenvalue weighted by Gasteiger charge is -2.09. The number of sulfone groups is 1. The summed E-state index contributed by atoms with van der Waals surface area (Å²) in [6, 6.07) is 11.6. The Bertz CT molecular complexity index is 832. The van der Waals surface area contributed by atoms with E-state index in [1.807, 2.05) is 24.3 Å². The van der Waals surface area contributed by atoms with Crippen LogP contribution in [0.1, 0.15) is 15.9 Å². The first-order valence-corrected chi connectivity index (χ1v) is 9.49. The van der Waals surface area contributed by atoms with E-state index in [1.54, 1.807) is 7.11 Å². The van der Waals surface area contributed by atoms with Crippen LogP contribution < -0.4 is 10.1 Å². The molecule has 0 heterocycles. The Morgan fingerprint density at radius 1 is 1.17 bits per heavy atom. The Hall–Kier alpha value is -2.05. The van der Waals surface area contributed by atoms with Crippen molar-refractivity contribution in [2.45, 2.75) is 11.3 Å². The number of carbonyl (C=O) groups is 1. The Labute approximate surface area is 146 Å². The van der Waals surface area contributed by atoms with Gasteiger partial charge in [-0.15, -0.1) is 0 Å². The van der Waals surface area contributed by atoms with E-state index in [1.165, 1.54) is 18.2 Å². The zero-order chi connectivity index (χ0) is 17.7. The number of hydrogen-bond acceptors (Lipinski definition) is 4. The summed E-state index contributed by atoms with van der Waals surface area (Å²) in [7, 11) is -1.80. The molecule has 0 saturated heterocycles. The summed E-state index contributed by atoms with van der Waals surface area (Å²) < 4.78 is 28.3. The Balaban J connectivity index is 2.01. The average molecular weight is 368 g/mol. The summed E-state index contributed by atoms with van der Waals surface area (Å²) in [4.78, 5) is 12.3. The largest absolute Gasteiger partial charge is 0.497 e. The Kier molecular flexibility index (Phi) is 5.85. The molecule has 7 heteroatoms. The van der Waals surface area contributed by atoms with Crippen molar-refractivity contribution in [3.05, 3.63) is 58.6 Å². The molecule has 0 unspecified atom stereocenters. The number of benzene rings is 2. The van der Waals surface area contributed by atoms with E-state index in [9.17, 15) is 13.2 Å². The molecule has 0 aliphatic heterocycles. The van der Waals surface area contributed by atoms with Crippen molar-refractivity contribution < 1.29 is 17.9 Å². The molecule has 1 N–H and O–H groups in total. The van der Waals surface area contributed by atoms with E-state index in [0.29, 0.717) is 13.0 Å². The summed E-state index contributed by atoms with van der Waals surface area (Å²) in [6.07, 6.45) is 1.72. The van der Waals surface area contributed by atoms with Gasteiger partial charge in [0, 0.05) is 12.8 Å². The highest BCUT2D eigenvalue weighted by Crippen LogP contribution is 2.20. The number of ether oxygens (including phenoxy) is 1. The van der Waals surface area contributed by atoms with Crippen LogP contribution in [0.2, 0.25) is 5.02 Å². The summed E-state index contributed by atoms with van der Waals surface area (Å²) in [5, 5.41) is 2.96. The second-order valence-electron chi connectivity index (χ2n) is 5.27. The summed E-state index contributed by atoms with van der Waals surface area (Å²) >= 11 is 6.00. The minimum Gasteiger partial charge on any atom is -0.497 e. The van der Waals surface area contributed by atoms with Gasteiger partial charge in [0.2, 0.25) is 0 Å². The first kappa shape index (κ1) is 18.3. The molecule has 0 atom stereocenters. The molecule has 24 heavy (non-hydrogen) atoms. The molecule has 2 rings (SSSR count). The van der Waals surface area contributed by atoms with Gasteiger partial charge in [-0.25, -0.2) is 8.42 Å².